The average molecular weight is 371 g/mol. The summed E-state index contributed by atoms with van der Waals surface area (Å²) in [6.45, 7) is 7.95. The third kappa shape index (κ3) is 3.97. The lowest BCUT2D eigenvalue weighted by molar-refractivity contribution is 0.0221. The highest BCUT2D eigenvalue weighted by atomic mass is 15.3. The van der Waals surface area contributed by atoms with Crippen LogP contribution in [0.25, 0.3) is 5.65 Å². The van der Waals surface area contributed by atoms with Crippen molar-refractivity contribution in [1.82, 2.24) is 24.4 Å². The molecule has 148 valence electrons. The van der Waals surface area contributed by atoms with E-state index in [9.17, 15) is 0 Å². The standard InChI is InChI=1S/C21H34N6/c1-3-7-18-16-20(27-19(24-18)8-11-23-27)22-17-21(9-5-4-6-10-21)26-14-12-25(2)13-15-26/h8,11,16,22H,3-7,9-10,12-15,17H2,1-2H3. The number of nitrogens with zero attached hydrogens (tertiary/aromatic N) is 5. The average Bonchev–Trinajstić information content (AvgIpc) is 3.16. The maximum atomic E-state index is 4.74. The van der Waals surface area contributed by atoms with Crippen LogP contribution in [-0.4, -0.2) is 69.7 Å². The first-order valence-corrected chi connectivity index (χ1v) is 10.7. The molecule has 2 aromatic heterocycles. The summed E-state index contributed by atoms with van der Waals surface area (Å²) in [4.78, 5) is 9.96. The summed E-state index contributed by atoms with van der Waals surface area (Å²) in [5, 5.41) is 8.30. The zero-order chi connectivity index (χ0) is 18.7. The van der Waals surface area contributed by atoms with Gasteiger partial charge < -0.3 is 10.2 Å². The third-order valence-electron chi connectivity index (χ3n) is 6.48. The fourth-order valence-electron chi connectivity index (χ4n) is 4.83. The van der Waals surface area contributed by atoms with Crippen LogP contribution in [0.5, 0.6) is 0 Å². The Morgan fingerprint density at radius 2 is 1.89 bits per heavy atom. The number of aromatic nitrogens is 3. The van der Waals surface area contributed by atoms with Crippen LogP contribution in [0.4, 0.5) is 5.82 Å². The Balaban J connectivity index is 1.56. The predicted octanol–water partition coefficient (Wildman–Crippen LogP) is 3.04. The van der Waals surface area contributed by atoms with Crippen LogP contribution in [0.1, 0.15) is 51.1 Å². The molecule has 0 amide bonds. The van der Waals surface area contributed by atoms with Crippen LogP contribution >= 0.6 is 0 Å². The van der Waals surface area contributed by atoms with Gasteiger partial charge in [-0.25, -0.2) is 4.98 Å². The van der Waals surface area contributed by atoms with Gasteiger partial charge >= 0.3 is 0 Å². The van der Waals surface area contributed by atoms with Gasteiger partial charge in [0.15, 0.2) is 5.65 Å². The summed E-state index contributed by atoms with van der Waals surface area (Å²) in [5.41, 5.74) is 2.39. The first kappa shape index (κ1) is 18.7. The molecule has 0 spiro atoms. The van der Waals surface area contributed by atoms with Crippen molar-refractivity contribution in [2.45, 2.75) is 57.4 Å². The van der Waals surface area contributed by atoms with Gasteiger partial charge in [0, 0.05) is 56.1 Å². The molecular weight excluding hydrogens is 336 g/mol. The number of nitrogens with one attached hydrogen (secondary N) is 1. The molecule has 1 saturated heterocycles. The normalized spacial score (nSPS) is 21.6. The monoisotopic (exact) mass is 370 g/mol. The molecule has 0 bridgehead atoms. The molecule has 1 aliphatic carbocycles. The molecule has 0 unspecified atom stereocenters. The minimum atomic E-state index is 0.285. The highest BCUT2D eigenvalue weighted by Crippen LogP contribution is 2.34. The van der Waals surface area contributed by atoms with Gasteiger partial charge in [-0.3, -0.25) is 4.90 Å². The highest BCUT2D eigenvalue weighted by molar-refractivity contribution is 5.49. The third-order valence-corrected chi connectivity index (χ3v) is 6.48. The van der Waals surface area contributed by atoms with E-state index in [0.29, 0.717) is 0 Å². The molecule has 1 saturated carbocycles. The summed E-state index contributed by atoms with van der Waals surface area (Å²) in [7, 11) is 2.24. The fourth-order valence-corrected chi connectivity index (χ4v) is 4.83. The molecule has 0 atom stereocenters. The molecular formula is C21H34N6. The van der Waals surface area contributed by atoms with E-state index >= 15 is 0 Å². The molecule has 27 heavy (non-hydrogen) atoms. The smallest absolute Gasteiger partial charge is 0.157 e. The van der Waals surface area contributed by atoms with Crippen molar-refractivity contribution in [3.05, 3.63) is 24.0 Å². The fraction of sp³-hybridized carbons (Fsp3) is 0.714. The van der Waals surface area contributed by atoms with E-state index in [1.54, 1.807) is 0 Å². The van der Waals surface area contributed by atoms with Crippen LogP contribution in [0.3, 0.4) is 0 Å². The molecule has 0 radical (unpaired) electrons. The lowest BCUT2D eigenvalue weighted by atomic mass is 9.79. The SMILES string of the molecule is CCCc1cc(NCC2(N3CCN(C)CC3)CCCCC2)n2nccc2n1. The van der Waals surface area contributed by atoms with Gasteiger partial charge in [0.25, 0.3) is 0 Å². The van der Waals surface area contributed by atoms with Crippen LogP contribution in [0, 0.1) is 0 Å². The van der Waals surface area contributed by atoms with Gasteiger partial charge in [-0.15, -0.1) is 0 Å². The van der Waals surface area contributed by atoms with Crippen LogP contribution in [0.2, 0.25) is 0 Å². The summed E-state index contributed by atoms with van der Waals surface area (Å²) < 4.78 is 1.96. The van der Waals surface area contributed by atoms with Crippen LogP contribution in [-0.2, 0) is 6.42 Å². The number of fused-ring (bicyclic) bond motifs is 1. The van der Waals surface area contributed by atoms with Crippen molar-refractivity contribution in [3.8, 4) is 0 Å². The van der Waals surface area contributed by atoms with Crippen molar-refractivity contribution in [1.29, 1.82) is 0 Å². The minimum absolute atomic E-state index is 0.285. The maximum absolute atomic E-state index is 4.74. The zero-order valence-electron chi connectivity index (χ0n) is 17.0. The van der Waals surface area contributed by atoms with Gasteiger partial charge in [0.1, 0.15) is 5.82 Å². The van der Waals surface area contributed by atoms with Gasteiger partial charge in [0.2, 0.25) is 0 Å². The number of rotatable bonds is 6. The predicted molar refractivity (Wildman–Crippen MR) is 110 cm³/mol. The minimum Gasteiger partial charge on any atom is -0.368 e. The van der Waals surface area contributed by atoms with Crippen LogP contribution < -0.4 is 5.32 Å². The van der Waals surface area contributed by atoms with Gasteiger partial charge in [0.05, 0.1) is 6.20 Å². The van der Waals surface area contributed by atoms with E-state index < -0.39 is 0 Å². The van der Waals surface area contributed by atoms with Crippen molar-refractivity contribution in [2.24, 2.45) is 0 Å². The molecule has 3 heterocycles. The van der Waals surface area contributed by atoms with Crippen LogP contribution in [0.15, 0.2) is 18.3 Å². The second-order valence-corrected chi connectivity index (χ2v) is 8.41. The lowest BCUT2D eigenvalue weighted by Gasteiger charge is -2.49. The Morgan fingerprint density at radius 1 is 1.11 bits per heavy atom. The number of likely N-dealkylation sites (N-methyl/N-ethyl adjacent to an activating group) is 1. The molecule has 6 heteroatoms. The largest absolute Gasteiger partial charge is 0.368 e. The van der Waals surface area contributed by atoms with E-state index in [-0.39, 0.29) is 5.54 Å². The summed E-state index contributed by atoms with van der Waals surface area (Å²) in [6, 6.07) is 4.20. The molecule has 2 aliphatic rings. The van der Waals surface area contributed by atoms with Crippen molar-refractivity contribution in [3.63, 3.8) is 0 Å². The summed E-state index contributed by atoms with van der Waals surface area (Å²) in [5.74, 6) is 1.09. The van der Waals surface area contributed by atoms with E-state index in [0.717, 1.165) is 36.5 Å². The Bertz CT molecular complexity index is 740. The number of hydrogen-bond donors (Lipinski definition) is 1. The van der Waals surface area contributed by atoms with Crippen molar-refractivity contribution >= 4 is 11.5 Å². The van der Waals surface area contributed by atoms with Crippen molar-refractivity contribution < 1.29 is 0 Å². The molecule has 6 nitrogen and oxygen atoms in total. The van der Waals surface area contributed by atoms with E-state index in [2.05, 4.69) is 40.3 Å². The zero-order valence-corrected chi connectivity index (χ0v) is 17.0. The van der Waals surface area contributed by atoms with Gasteiger partial charge in [-0.2, -0.15) is 9.61 Å². The Morgan fingerprint density at radius 3 is 2.63 bits per heavy atom. The highest BCUT2D eigenvalue weighted by Gasteiger charge is 2.38. The Labute approximate surface area is 162 Å². The topological polar surface area (TPSA) is 48.7 Å². The maximum Gasteiger partial charge on any atom is 0.157 e. The van der Waals surface area contributed by atoms with Gasteiger partial charge in [-0.1, -0.05) is 32.6 Å². The van der Waals surface area contributed by atoms with E-state index in [4.69, 9.17) is 4.98 Å². The second kappa shape index (κ2) is 8.15. The lowest BCUT2D eigenvalue weighted by Crippen LogP contribution is -2.60. The van der Waals surface area contributed by atoms with Crippen molar-refractivity contribution in [2.75, 3.05) is 45.1 Å². The van der Waals surface area contributed by atoms with E-state index in [1.165, 1.54) is 58.3 Å². The summed E-state index contributed by atoms with van der Waals surface area (Å²) >= 11 is 0. The molecule has 0 aromatic carbocycles. The molecule has 1 N–H and O–H groups in total. The molecule has 2 aromatic rings. The number of hydrogen-bond acceptors (Lipinski definition) is 5. The first-order chi connectivity index (χ1) is 13.2. The number of anilines is 1. The molecule has 1 aliphatic heterocycles. The Kier molecular flexibility index (Phi) is 5.64. The first-order valence-electron chi connectivity index (χ1n) is 10.7. The van der Waals surface area contributed by atoms with E-state index in [1.807, 2.05) is 16.8 Å². The van der Waals surface area contributed by atoms with Gasteiger partial charge in [-0.05, 0) is 26.3 Å². The number of aryl methyl sites for hydroxylation is 1. The second-order valence-electron chi connectivity index (χ2n) is 8.41. The summed E-state index contributed by atoms with van der Waals surface area (Å²) in [6.07, 6.45) is 10.7. The Hall–Kier alpha value is -1.66. The quantitative estimate of drug-likeness (QED) is 0.847. The molecule has 4 rings (SSSR count). The molecule has 2 fully saturated rings. The number of piperazine rings is 1.